The van der Waals surface area contributed by atoms with E-state index in [1.54, 1.807) is 6.07 Å². The van der Waals surface area contributed by atoms with Gasteiger partial charge in [0.15, 0.2) is 0 Å². The van der Waals surface area contributed by atoms with Gasteiger partial charge in [0.2, 0.25) is 0 Å². The van der Waals surface area contributed by atoms with Crippen LogP contribution < -0.4 is 4.74 Å². The number of rotatable bonds is 3. The number of nitrogens with zero attached hydrogens (tertiary/aromatic N) is 2. The largest absolute Gasteiger partial charge is 0.434 e. The molecule has 2 aromatic carbocycles. The van der Waals surface area contributed by atoms with Crippen LogP contribution in [0.15, 0.2) is 40.9 Å². The normalized spacial score (nSPS) is 19.6. The Bertz CT molecular complexity index is 963. The van der Waals surface area contributed by atoms with Gasteiger partial charge in [-0.15, -0.1) is 0 Å². The molecular formula is C17H12BrClF2N2O2. The number of hydrogen-bond donors (Lipinski definition) is 1. The Morgan fingerprint density at radius 3 is 2.84 bits per heavy atom. The second-order valence-corrected chi connectivity index (χ2v) is 7.15. The van der Waals surface area contributed by atoms with Gasteiger partial charge in [-0.25, -0.2) is 4.98 Å². The van der Waals surface area contributed by atoms with Crippen LogP contribution in [0.2, 0.25) is 5.02 Å². The van der Waals surface area contributed by atoms with Gasteiger partial charge in [0, 0.05) is 21.5 Å². The zero-order valence-corrected chi connectivity index (χ0v) is 15.0. The van der Waals surface area contributed by atoms with E-state index in [-0.39, 0.29) is 5.75 Å². The van der Waals surface area contributed by atoms with Crippen LogP contribution in [0.4, 0.5) is 8.78 Å². The Labute approximate surface area is 155 Å². The Morgan fingerprint density at radius 1 is 1.28 bits per heavy atom. The van der Waals surface area contributed by atoms with Crippen molar-refractivity contribution < 1.29 is 18.6 Å². The summed E-state index contributed by atoms with van der Waals surface area (Å²) in [4.78, 5) is 4.47. The number of halogens is 4. The molecule has 0 saturated heterocycles. The lowest BCUT2D eigenvalue weighted by Crippen LogP contribution is -2.10. The summed E-state index contributed by atoms with van der Waals surface area (Å²) < 4.78 is 32.9. The molecule has 0 fully saturated rings. The Kier molecular flexibility index (Phi) is 4.17. The Morgan fingerprint density at radius 2 is 2.08 bits per heavy atom. The molecule has 1 aromatic heterocycles. The molecule has 1 unspecified atom stereocenters. The molecule has 8 heteroatoms. The highest BCUT2D eigenvalue weighted by molar-refractivity contribution is 9.10. The smallest absolute Gasteiger partial charge is 0.387 e. The first-order chi connectivity index (χ1) is 11.9. The fourth-order valence-electron chi connectivity index (χ4n) is 3.32. The number of aliphatic hydroxyl groups excluding tert-OH is 1. The average Bonchev–Trinajstić information content (AvgIpc) is 3.07. The zero-order valence-electron chi connectivity index (χ0n) is 12.7. The molecule has 0 radical (unpaired) electrons. The molecule has 0 bridgehead atoms. The van der Waals surface area contributed by atoms with Gasteiger partial charge in [-0.1, -0.05) is 27.5 Å². The monoisotopic (exact) mass is 428 g/mol. The first-order valence-electron chi connectivity index (χ1n) is 7.53. The lowest BCUT2D eigenvalue weighted by molar-refractivity contribution is -0.0507. The molecule has 130 valence electrons. The van der Waals surface area contributed by atoms with Gasteiger partial charge in [-0.05, 0) is 36.4 Å². The maximum absolute atomic E-state index is 12.8. The van der Waals surface area contributed by atoms with E-state index in [4.69, 9.17) is 11.6 Å². The number of benzene rings is 2. The average molecular weight is 430 g/mol. The minimum absolute atomic E-state index is 0.0429. The fourth-order valence-corrected chi connectivity index (χ4v) is 3.85. The number of ether oxygens (including phenoxy) is 1. The number of hydrogen-bond acceptors (Lipinski definition) is 3. The molecule has 4 nitrogen and oxygen atoms in total. The first-order valence-corrected chi connectivity index (χ1v) is 8.71. The molecule has 1 N–H and O–H groups in total. The standard InChI is InChI=1S/C17H12BrClF2N2O2/c18-8-1-3-11-13(5-8)23-12(7-14(24)16(23)22-11)10-6-9(19)2-4-15(10)25-17(20)21/h1-6,12,14,17,24H,7H2/t12?,14-/m1/s1. The van der Waals surface area contributed by atoms with Crippen molar-refractivity contribution in [3.63, 3.8) is 0 Å². The van der Waals surface area contributed by atoms with Gasteiger partial charge in [0.05, 0.1) is 17.1 Å². The van der Waals surface area contributed by atoms with Gasteiger partial charge in [0.25, 0.3) is 0 Å². The molecule has 2 atom stereocenters. The summed E-state index contributed by atoms with van der Waals surface area (Å²) in [5, 5.41) is 10.8. The molecule has 3 aromatic rings. The first kappa shape index (κ1) is 16.8. The van der Waals surface area contributed by atoms with Gasteiger partial charge >= 0.3 is 6.61 Å². The van der Waals surface area contributed by atoms with Crippen molar-refractivity contribution >= 4 is 38.6 Å². The summed E-state index contributed by atoms with van der Waals surface area (Å²) in [6.45, 7) is -2.95. The SMILES string of the molecule is O[C@@H]1CC(c2cc(Cl)ccc2OC(F)F)n2c1nc1ccc(Br)cc12. The highest BCUT2D eigenvalue weighted by atomic mass is 79.9. The highest BCUT2D eigenvalue weighted by Crippen LogP contribution is 2.44. The number of aromatic nitrogens is 2. The van der Waals surface area contributed by atoms with Crippen LogP contribution in [0.5, 0.6) is 5.75 Å². The highest BCUT2D eigenvalue weighted by Gasteiger charge is 2.35. The number of fused-ring (bicyclic) bond motifs is 3. The topological polar surface area (TPSA) is 47.3 Å². The van der Waals surface area contributed by atoms with Gasteiger partial charge in [-0.2, -0.15) is 8.78 Å². The third-order valence-electron chi connectivity index (χ3n) is 4.28. The summed E-state index contributed by atoms with van der Waals surface area (Å²) in [7, 11) is 0. The molecule has 25 heavy (non-hydrogen) atoms. The van der Waals surface area contributed by atoms with E-state index >= 15 is 0 Å². The number of imidazole rings is 1. The van der Waals surface area contributed by atoms with Crippen molar-refractivity contribution in [3.05, 3.63) is 57.3 Å². The second-order valence-electron chi connectivity index (χ2n) is 5.80. The van der Waals surface area contributed by atoms with E-state index in [1.807, 2.05) is 22.8 Å². The molecule has 2 heterocycles. The minimum atomic E-state index is -2.95. The van der Waals surface area contributed by atoms with E-state index in [0.717, 1.165) is 15.5 Å². The molecule has 0 saturated carbocycles. The van der Waals surface area contributed by atoms with Crippen molar-refractivity contribution in [2.24, 2.45) is 0 Å². The summed E-state index contributed by atoms with van der Waals surface area (Å²) in [5.41, 5.74) is 2.01. The summed E-state index contributed by atoms with van der Waals surface area (Å²) >= 11 is 9.50. The van der Waals surface area contributed by atoms with Crippen LogP contribution in [0.1, 0.15) is 30.0 Å². The quantitative estimate of drug-likeness (QED) is 0.631. The van der Waals surface area contributed by atoms with Crippen molar-refractivity contribution in [1.29, 1.82) is 0 Å². The van der Waals surface area contributed by atoms with Crippen molar-refractivity contribution in [3.8, 4) is 5.75 Å². The molecule has 1 aliphatic heterocycles. The summed E-state index contributed by atoms with van der Waals surface area (Å²) in [6.07, 6.45) is -0.486. The summed E-state index contributed by atoms with van der Waals surface area (Å²) in [6, 6.07) is 9.68. The van der Waals surface area contributed by atoms with Crippen LogP contribution in [-0.2, 0) is 0 Å². The third kappa shape index (κ3) is 2.90. The maximum Gasteiger partial charge on any atom is 0.387 e. The summed E-state index contributed by atoms with van der Waals surface area (Å²) in [5.74, 6) is 0.544. The fraction of sp³-hybridized carbons (Fsp3) is 0.235. The van der Waals surface area contributed by atoms with Gasteiger partial charge in [-0.3, -0.25) is 0 Å². The van der Waals surface area contributed by atoms with Crippen LogP contribution in [0, 0.1) is 0 Å². The third-order valence-corrected chi connectivity index (χ3v) is 5.01. The molecular weight excluding hydrogens is 418 g/mol. The van der Waals surface area contributed by atoms with Gasteiger partial charge in [0.1, 0.15) is 17.7 Å². The van der Waals surface area contributed by atoms with Gasteiger partial charge < -0.3 is 14.4 Å². The van der Waals surface area contributed by atoms with E-state index in [0.29, 0.717) is 22.8 Å². The van der Waals surface area contributed by atoms with Crippen molar-refractivity contribution in [2.45, 2.75) is 25.2 Å². The van der Waals surface area contributed by atoms with Crippen LogP contribution in [-0.4, -0.2) is 21.3 Å². The predicted molar refractivity (Wildman–Crippen MR) is 93.2 cm³/mol. The Hall–Kier alpha value is -1.70. The molecule has 1 aliphatic rings. The Balaban J connectivity index is 1.91. The molecule has 0 aliphatic carbocycles. The lowest BCUT2D eigenvalue weighted by Gasteiger charge is -2.19. The van der Waals surface area contributed by atoms with E-state index in [9.17, 15) is 13.9 Å². The minimum Gasteiger partial charge on any atom is -0.434 e. The molecule has 4 rings (SSSR count). The molecule has 0 amide bonds. The lowest BCUT2D eigenvalue weighted by atomic mass is 10.0. The van der Waals surface area contributed by atoms with E-state index in [2.05, 4.69) is 25.7 Å². The van der Waals surface area contributed by atoms with E-state index < -0.39 is 18.8 Å². The number of alkyl halides is 2. The second kappa shape index (κ2) is 6.23. The molecule has 0 spiro atoms. The van der Waals surface area contributed by atoms with Crippen LogP contribution in [0.25, 0.3) is 11.0 Å². The van der Waals surface area contributed by atoms with Crippen LogP contribution in [0.3, 0.4) is 0 Å². The van der Waals surface area contributed by atoms with Crippen molar-refractivity contribution in [2.75, 3.05) is 0 Å². The predicted octanol–water partition coefficient (Wildman–Crippen LogP) is 5.08. The zero-order chi connectivity index (χ0) is 17.7. The van der Waals surface area contributed by atoms with Crippen LogP contribution >= 0.6 is 27.5 Å². The van der Waals surface area contributed by atoms with Crippen molar-refractivity contribution in [1.82, 2.24) is 9.55 Å². The van der Waals surface area contributed by atoms with E-state index in [1.165, 1.54) is 12.1 Å². The number of aliphatic hydroxyl groups is 1. The maximum atomic E-state index is 12.8.